The van der Waals surface area contributed by atoms with Crippen LogP contribution in [0.25, 0.3) is 0 Å². The van der Waals surface area contributed by atoms with Gasteiger partial charge in [0.15, 0.2) is 0 Å². The highest BCUT2D eigenvalue weighted by Crippen LogP contribution is 2.18. The zero-order valence-corrected chi connectivity index (χ0v) is 10.5. The maximum absolute atomic E-state index is 11.5. The smallest absolute Gasteiger partial charge is 0.308 e. The van der Waals surface area contributed by atoms with E-state index in [0.29, 0.717) is 6.04 Å². The van der Waals surface area contributed by atoms with Crippen molar-refractivity contribution in [2.24, 2.45) is 5.92 Å². The van der Waals surface area contributed by atoms with Gasteiger partial charge in [-0.1, -0.05) is 0 Å². The van der Waals surface area contributed by atoms with Gasteiger partial charge < -0.3 is 14.8 Å². The minimum atomic E-state index is -0.0570. The van der Waals surface area contributed by atoms with Crippen molar-refractivity contribution in [1.29, 1.82) is 0 Å². The third-order valence-electron chi connectivity index (χ3n) is 3.61. The van der Waals surface area contributed by atoms with Gasteiger partial charge in [-0.05, 0) is 19.4 Å². The molecule has 2 heterocycles. The number of esters is 1. The molecule has 0 aromatic rings. The van der Waals surface area contributed by atoms with Crippen molar-refractivity contribution < 1.29 is 14.3 Å². The summed E-state index contributed by atoms with van der Waals surface area (Å²) in [6.45, 7) is 5.58. The Hall–Kier alpha value is -0.650. The van der Waals surface area contributed by atoms with Gasteiger partial charge in [0.25, 0.3) is 0 Å². The Morgan fingerprint density at radius 3 is 2.94 bits per heavy atom. The van der Waals surface area contributed by atoms with E-state index in [1.165, 1.54) is 7.11 Å². The number of hydrogen-bond acceptors (Lipinski definition) is 5. The van der Waals surface area contributed by atoms with Crippen LogP contribution in [0.3, 0.4) is 0 Å². The summed E-state index contributed by atoms with van der Waals surface area (Å²) in [6, 6.07) is 0.408. The number of rotatable bonds is 3. The van der Waals surface area contributed by atoms with Gasteiger partial charge in [0.05, 0.1) is 26.2 Å². The Kier molecular flexibility index (Phi) is 4.76. The van der Waals surface area contributed by atoms with Gasteiger partial charge in [-0.15, -0.1) is 0 Å². The van der Waals surface area contributed by atoms with Crippen molar-refractivity contribution in [3.8, 4) is 0 Å². The van der Waals surface area contributed by atoms with E-state index in [1.807, 2.05) is 0 Å². The van der Waals surface area contributed by atoms with Gasteiger partial charge >= 0.3 is 5.97 Å². The predicted molar refractivity (Wildman–Crippen MR) is 63.8 cm³/mol. The van der Waals surface area contributed by atoms with Gasteiger partial charge in [0, 0.05) is 25.7 Å². The van der Waals surface area contributed by atoms with E-state index in [9.17, 15) is 4.79 Å². The summed E-state index contributed by atoms with van der Waals surface area (Å²) >= 11 is 0. The molecule has 2 rings (SSSR count). The Labute approximate surface area is 102 Å². The summed E-state index contributed by atoms with van der Waals surface area (Å²) in [5.74, 6) is 0.0192. The van der Waals surface area contributed by atoms with E-state index in [4.69, 9.17) is 9.47 Å². The van der Waals surface area contributed by atoms with Crippen LogP contribution in [-0.2, 0) is 14.3 Å². The fraction of sp³-hybridized carbons (Fsp3) is 0.917. The molecule has 2 aliphatic rings. The van der Waals surface area contributed by atoms with Crippen LogP contribution in [0.5, 0.6) is 0 Å². The normalized spacial score (nSPS) is 31.1. The molecular formula is C12H22N2O3. The number of hydrogen-bond donors (Lipinski definition) is 1. The fourth-order valence-electron chi connectivity index (χ4n) is 2.62. The second-order valence-electron chi connectivity index (χ2n) is 4.81. The third kappa shape index (κ3) is 3.66. The van der Waals surface area contributed by atoms with E-state index in [0.717, 1.165) is 52.2 Å². The monoisotopic (exact) mass is 242 g/mol. The fourth-order valence-corrected chi connectivity index (χ4v) is 2.62. The molecule has 1 N–H and O–H groups in total. The summed E-state index contributed by atoms with van der Waals surface area (Å²) < 4.78 is 10.2. The van der Waals surface area contributed by atoms with Crippen molar-refractivity contribution in [2.45, 2.75) is 18.9 Å². The number of carbonyl (C=O) groups is 1. The van der Waals surface area contributed by atoms with Crippen LogP contribution < -0.4 is 5.32 Å². The molecule has 0 aliphatic carbocycles. The molecule has 0 bridgehead atoms. The summed E-state index contributed by atoms with van der Waals surface area (Å²) in [5.41, 5.74) is 0. The number of morpholine rings is 1. The first kappa shape index (κ1) is 12.8. The second kappa shape index (κ2) is 6.33. The van der Waals surface area contributed by atoms with Crippen LogP contribution in [0.15, 0.2) is 0 Å². The van der Waals surface area contributed by atoms with E-state index in [1.54, 1.807) is 0 Å². The molecule has 98 valence electrons. The molecule has 0 saturated carbocycles. The largest absolute Gasteiger partial charge is 0.469 e. The van der Waals surface area contributed by atoms with Gasteiger partial charge in [0.1, 0.15) is 0 Å². The molecule has 5 nitrogen and oxygen atoms in total. The molecule has 5 heteroatoms. The maximum Gasteiger partial charge on any atom is 0.308 e. The van der Waals surface area contributed by atoms with Gasteiger partial charge in [0.2, 0.25) is 0 Å². The lowest BCUT2D eigenvalue weighted by Crippen LogP contribution is -2.49. The standard InChI is InChI=1S/C12H22N2O3/c1-16-12(15)10-2-3-13-11(8-10)9-14-4-6-17-7-5-14/h10-11,13H,2-9H2,1H3. The number of piperidine rings is 1. The first-order chi connectivity index (χ1) is 8.29. The average Bonchev–Trinajstić information content (AvgIpc) is 2.39. The van der Waals surface area contributed by atoms with Crippen LogP contribution >= 0.6 is 0 Å². The van der Waals surface area contributed by atoms with Crippen LogP contribution in [-0.4, -0.2) is 63.4 Å². The summed E-state index contributed by atoms with van der Waals surface area (Å²) in [7, 11) is 1.47. The molecule has 0 aromatic heterocycles. The minimum absolute atomic E-state index is 0.0570. The molecule has 2 unspecified atom stereocenters. The first-order valence-corrected chi connectivity index (χ1v) is 6.41. The van der Waals surface area contributed by atoms with Gasteiger partial charge in [-0.2, -0.15) is 0 Å². The quantitative estimate of drug-likeness (QED) is 0.698. The Balaban J connectivity index is 1.78. The van der Waals surface area contributed by atoms with Gasteiger partial charge in [-0.3, -0.25) is 9.69 Å². The molecular weight excluding hydrogens is 220 g/mol. The van der Waals surface area contributed by atoms with E-state index in [-0.39, 0.29) is 11.9 Å². The molecule has 0 aromatic carbocycles. The van der Waals surface area contributed by atoms with Crippen molar-refractivity contribution in [2.75, 3.05) is 46.5 Å². The zero-order chi connectivity index (χ0) is 12.1. The lowest BCUT2D eigenvalue weighted by molar-refractivity contribution is -0.146. The van der Waals surface area contributed by atoms with E-state index >= 15 is 0 Å². The number of nitrogens with zero attached hydrogens (tertiary/aromatic N) is 1. The van der Waals surface area contributed by atoms with Crippen LogP contribution in [0.2, 0.25) is 0 Å². The number of ether oxygens (including phenoxy) is 2. The molecule has 2 saturated heterocycles. The molecule has 2 fully saturated rings. The number of methoxy groups -OCH3 is 1. The predicted octanol–water partition coefficient (Wildman–Crippen LogP) is -0.140. The molecule has 0 spiro atoms. The van der Waals surface area contributed by atoms with Crippen LogP contribution in [0.4, 0.5) is 0 Å². The highest BCUT2D eigenvalue weighted by atomic mass is 16.5. The summed E-state index contributed by atoms with van der Waals surface area (Å²) in [5, 5.41) is 3.49. The average molecular weight is 242 g/mol. The minimum Gasteiger partial charge on any atom is -0.469 e. The van der Waals surface area contributed by atoms with E-state index in [2.05, 4.69) is 10.2 Å². The first-order valence-electron chi connectivity index (χ1n) is 6.41. The highest BCUT2D eigenvalue weighted by Gasteiger charge is 2.28. The molecule has 0 radical (unpaired) electrons. The Morgan fingerprint density at radius 1 is 1.47 bits per heavy atom. The SMILES string of the molecule is COC(=O)C1CCNC(CN2CCOCC2)C1. The number of carbonyl (C=O) groups excluding carboxylic acids is 1. The molecule has 17 heavy (non-hydrogen) atoms. The molecule has 2 atom stereocenters. The summed E-state index contributed by atoms with van der Waals surface area (Å²) in [4.78, 5) is 13.9. The van der Waals surface area contributed by atoms with E-state index < -0.39 is 0 Å². The highest BCUT2D eigenvalue weighted by molar-refractivity contribution is 5.72. The van der Waals surface area contributed by atoms with Crippen molar-refractivity contribution in [3.05, 3.63) is 0 Å². The van der Waals surface area contributed by atoms with Gasteiger partial charge in [-0.25, -0.2) is 0 Å². The summed E-state index contributed by atoms with van der Waals surface area (Å²) in [6.07, 6.45) is 1.79. The topological polar surface area (TPSA) is 50.8 Å². The zero-order valence-electron chi connectivity index (χ0n) is 10.5. The third-order valence-corrected chi connectivity index (χ3v) is 3.61. The van der Waals surface area contributed by atoms with Crippen molar-refractivity contribution >= 4 is 5.97 Å². The number of nitrogens with one attached hydrogen (secondary N) is 1. The Morgan fingerprint density at radius 2 is 2.24 bits per heavy atom. The van der Waals surface area contributed by atoms with Crippen LogP contribution in [0.1, 0.15) is 12.8 Å². The van der Waals surface area contributed by atoms with Crippen molar-refractivity contribution in [3.63, 3.8) is 0 Å². The molecule has 0 amide bonds. The molecule has 2 aliphatic heterocycles. The lowest BCUT2D eigenvalue weighted by atomic mass is 9.92. The lowest BCUT2D eigenvalue weighted by Gasteiger charge is -2.34. The van der Waals surface area contributed by atoms with Crippen molar-refractivity contribution in [1.82, 2.24) is 10.2 Å². The Bertz CT molecular complexity index is 254. The second-order valence-corrected chi connectivity index (χ2v) is 4.81. The maximum atomic E-state index is 11.5. The van der Waals surface area contributed by atoms with Crippen LogP contribution in [0, 0.1) is 5.92 Å².